The van der Waals surface area contributed by atoms with Gasteiger partial charge in [0, 0.05) is 40.1 Å². The Balaban J connectivity index is 1.84. The van der Waals surface area contributed by atoms with Gasteiger partial charge in [0.2, 0.25) is 0 Å². The molecular weight excluding hydrogens is 264 g/mol. The largest absolute Gasteiger partial charge is 0.398 e. The van der Waals surface area contributed by atoms with Crippen molar-refractivity contribution in [3.8, 4) is 0 Å². The van der Waals surface area contributed by atoms with E-state index in [-0.39, 0.29) is 5.91 Å². The molecule has 3 radical (unpaired) electrons. The molecule has 0 saturated carbocycles. The molecule has 0 aromatic heterocycles. The third kappa shape index (κ3) is 2.23. The van der Waals surface area contributed by atoms with Gasteiger partial charge in [-0.3, -0.25) is 4.79 Å². The lowest BCUT2D eigenvalue weighted by molar-refractivity contribution is 0.0767. The second-order valence-corrected chi connectivity index (χ2v) is 5.38. The molecule has 99 valence electrons. The number of hydrogen-bond donors (Lipinski definition) is 1. The number of hydrogen-bond acceptors (Lipinski definition) is 2. The van der Waals surface area contributed by atoms with Crippen LogP contribution in [0.1, 0.15) is 27.0 Å². The normalized spacial score (nSPS) is 13.7. The van der Waals surface area contributed by atoms with Gasteiger partial charge in [-0.1, -0.05) is 35.9 Å². The number of nitrogen functional groups attached to an aromatic ring is 1. The molecule has 0 spiro atoms. The predicted molar refractivity (Wildman–Crippen MR) is 80.3 cm³/mol. The molecule has 2 aromatic rings. The van der Waals surface area contributed by atoms with Gasteiger partial charge in [-0.2, -0.15) is 0 Å². The van der Waals surface area contributed by atoms with Gasteiger partial charge < -0.3 is 10.6 Å². The topological polar surface area (TPSA) is 46.3 Å². The lowest BCUT2D eigenvalue weighted by atomic mass is 10.1. The lowest BCUT2D eigenvalue weighted by Gasteiger charge is -2.16. The molecule has 2 N–H and O–H groups in total. The second-order valence-electron chi connectivity index (χ2n) is 5.03. The summed E-state index contributed by atoms with van der Waals surface area (Å²) in [6.45, 7) is 1.21. The molecule has 0 atom stereocenters. The molecule has 4 heteroatoms. The van der Waals surface area contributed by atoms with Gasteiger partial charge in [0.05, 0.1) is 0 Å². The Hall–Kier alpha value is -2.07. The minimum absolute atomic E-state index is 0.0658. The quantitative estimate of drug-likeness (QED) is 0.691. The van der Waals surface area contributed by atoms with Crippen molar-refractivity contribution < 1.29 is 4.79 Å². The molecule has 1 heterocycles. The molecule has 20 heavy (non-hydrogen) atoms. The van der Waals surface area contributed by atoms with E-state index in [4.69, 9.17) is 5.73 Å². The Morgan fingerprint density at radius 3 is 2.65 bits per heavy atom. The van der Waals surface area contributed by atoms with E-state index in [0.29, 0.717) is 18.8 Å². The van der Waals surface area contributed by atoms with Crippen molar-refractivity contribution in [1.29, 1.82) is 0 Å². The van der Waals surface area contributed by atoms with E-state index in [0.717, 1.165) is 22.7 Å². The second kappa shape index (κ2) is 5.13. The number of nitrogens with zero attached hydrogens (tertiary/aromatic N) is 1. The molecule has 2 aromatic carbocycles. The van der Waals surface area contributed by atoms with Crippen molar-refractivity contribution in [2.75, 3.05) is 5.73 Å². The summed E-state index contributed by atoms with van der Waals surface area (Å²) in [5.74, 6) is 0.0658. The fourth-order valence-electron chi connectivity index (χ4n) is 2.60. The van der Waals surface area contributed by atoms with Crippen LogP contribution in [0, 0.1) is 0 Å². The summed E-state index contributed by atoms with van der Waals surface area (Å²) in [6, 6.07) is 14.6. The molecule has 3 nitrogen and oxygen atoms in total. The molecule has 1 aliphatic rings. The molecule has 0 unspecified atom stereocenters. The third-order valence-corrected chi connectivity index (χ3v) is 4.06. The number of amides is 1. The summed E-state index contributed by atoms with van der Waals surface area (Å²) in [7, 11) is 3.50. The highest BCUT2D eigenvalue weighted by molar-refractivity contribution is 6.08. The average molecular weight is 279 g/mol. The first-order valence-electron chi connectivity index (χ1n) is 6.58. The van der Waals surface area contributed by atoms with E-state index in [1.165, 1.54) is 5.56 Å². The minimum atomic E-state index is 0.0658. The van der Waals surface area contributed by atoms with E-state index in [9.17, 15) is 4.79 Å². The van der Waals surface area contributed by atoms with Crippen LogP contribution in [0.25, 0.3) is 0 Å². The van der Waals surface area contributed by atoms with Crippen LogP contribution in [0.2, 0.25) is 0 Å². The maximum absolute atomic E-state index is 12.4. The Bertz CT molecular complexity index is 669. The molecule has 0 aliphatic carbocycles. The molecule has 0 bridgehead atoms. The molecule has 1 amide bonds. The molecule has 0 saturated heterocycles. The van der Waals surface area contributed by atoms with Crippen LogP contribution in [0.4, 0.5) is 5.69 Å². The first-order chi connectivity index (χ1) is 9.69. The van der Waals surface area contributed by atoms with Crippen molar-refractivity contribution in [2.45, 2.75) is 19.1 Å². The Morgan fingerprint density at radius 1 is 1.15 bits per heavy atom. The Morgan fingerprint density at radius 2 is 1.90 bits per heavy atom. The number of carbonyl (C=O) groups is 1. The van der Waals surface area contributed by atoms with Crippen molar-refractivity contribution in [2.24, 2.45) is 0 Å². The summed E-state index contributed by atoms with van der Waals surface area (Å²) in [5.41, 5.74) is 10.7. The van der Waals surface area contributed by atoms with Crippen LogP contribution in [0.5, 0.6) is 0 Å². The van der Waals surface area contributed by atoms with Crippen molar-refractivity contribution in [3.63, 3.8) is 0 Å². The van der Waals surface area contributed by atoms with E-state index in [1.807, 2.05) is 35.2 Å². The average Bonchev–Trinajstić information content (AvgIpc) is 2.78. The highest BCUT2D eigenvalue weighted by Crippen LogP contribution is 2.28. The van der Waals surface area contributed by atoms with Crippen LogP contribution >= 0.6 is 0 Å². The van der Waals surface area contributed by atoms with E-state index in [2.05, 4.69) is 22.4 Å². The Labute approximate surface area is 121 Å². The SMILES string of the molecule is Nc1cccc2c1CN(Cc1cccc(C[Si])c1)C2=O. The Kier molecular flexibility index (Phi) is 3.32. The summed E-state index contributed by atoms with van der Waals surface area (Å²) in [6.07, 6.45) is 0. The van der Waals surface area contributed by atoms with Crippen molar-refractivity contribution in [3.05, 3.63) is 64.7 Å². The summed E-state index contributed by atoms with van der Waals surface area (Å²) in [5, 5.41) is 0. The number of nitrogens with two attached hydrogens (primary N) is 1. The van der Waals surface area contributed by atoms with Gasteiger partial charge in [-0.05, 0) is 23.7 Å². The summed E-state index contributed by atoms with van der Waals surface area (Å²) >= 11 is 0. The van der Waals surface area contributed by atoms with Gasteiger partial charge in [-0.15, -0.1) is 0 Å². The van der Waals surface area contributed by atoms with Gasteiger partial charge in [0.25, 0.3) is 5.91 Å². The maximum Gasteiger partial charge on any atom is 0.254 e. The van der Waals surface area contributed by atoms with Crippen LogP contribution in [-0.2, 0) is 19.1 Å². The smallest absolute Gasteiger partial charge is 0.254 e. The monoisotopic (exact) mass is 279 g/mol. The number of rotatable bonds is 3. The number of benzene rings is 2. The number of anilines is 1. The summed E-state index contributed by atoms with van der Waals surface area (Å²) in [4.78, 5) is 14.2. The standard InChI is InChI=1S/C16H15N2OSi/c17-15-6-2-5-13-14(15)9-18(16(13)19)8-11-3-1-4-12(7-11)10-20/h1-7H,8-10,17H2. The van der Waals surface area contributed by atoms with Crippen LogP contribution in [-0.4, -0.2) is 21.0 Å². The fraction of sp³-hybridized carbons (Fsp3) is 0.188. The maximum atomic E-state index is 12.4. The zero-order valence-corrected chi connectivity index (χ0v) is 12.1. The minimum Gasteiger partial charge on any atom is -0.398 e. The zero-order chi connectivity index (χ0) is 14.1. The van der Waals surface area contributed by atoms with Gasteiger partial charge >= 0.3 is 0 Å². The van der Waals surface area contributed by atoms with Crippen LogP contribution in [0.15, 0.2) is 42.5 Å². The number of carbonyl (C=O) groups excluding carboxylic acids is 1. The van der Waals surface area contributed by atoms with Crippen LogP contribution < -0.4 is 5.73 Å². The highest BCUT2D eigenvalue weighted by Gasteiger charge is 2.28. The van der Waals surface area contributed by atoms with Crippen molar-refractivity contribution in [1.82, 2.24) is 4.90 Å². The lowest BCUT2D eigenvalue weighted by Crippen LogP contribution is -2.23. The summed E-state index contributed by atoms with van der Waals surface area (Å²) < 4.78 is 0. The molecule has 1 aliphatic heterocycles. The predicted octanol–water partition coefficient (Wildman–Crippen LogP) is 2.09. The first kappa shape index (κ1) is 12.9. The first-order valence-corrected chi connectivity index (χ1v) is 7.29. The molecular formula is C16H15N2OSi. The van der Waals surface area contributed by atoms with Crippen molar-refractivity contribution >= 4 is 21.8 Å². The van der Waals surface area contributed by atoms with Gasteiger partial charge in [0.1, 0.15) is 0 Å². The van der Waals surface area contributed by atoms with Crippen LogP contribution in [0.3, 0.4) is 0 Å². The third-order valence-electron chi connectivity index (χ3n) is 3.65. The molecule has 0 fully saturated rings. The van der Waals surface area contributed by atoms with Gasteiger partial charge in [0.15, 0.2) is 0 Å². The highest BCUT2D eigenvalue weighted by atomic mass is 28.1. The molecule has 3 rings (SSSR count). The zero-order valence-electron chi connectivity index (χ0n) is 11.1. The fourth-order valence-corrected chi connectivity index (χ4v) is 2.82. The van der Waals surface area contributed by atoms with Gasteiger partial charge in [-0.25, -0.2) is 0 Å². The van der Waals surface area contributed by atoms with E-state index >= 15 is 0 Å². The number of fused-ring (bicyclic) bond motifs is 1. The van der Waals surface area contributed by atoms with E-state index < -0.39 is 0 Å². The van der Waals surface area contributed by atoms with E-state index in [1.54, 1.807) is 0 Å².